The molecule has 0 N–H and O–H groups in total. The fraction of sp³-hybridized carbons (Fsp3) is 0.548. The van der Waals surface area contributed by atoms with E-state index in [2.05, 4.69) is 41.1 Å². The summed E-state index contributed by atoms with van der Waals surface area (Å²) in [6.45, 7) is 9.13. The molecule has 3 aromatic carbocycles. The van der Waals surface area contributed by atoms with E-state index in [1.807, 2.05) is 54.6 Å². The van der Waals surface area contributed by atoms with Gasteiger partial charge in [-0.15, -0.1) is 0 Å². The van der Waals surface area contributed by atoms with Crippen LogP contribution in [0.25, 0.3) is 0 Å². The molecule has 0 unspecified atom stereocenters. The topological polar surface area (TPSA) is 128 Å². The highest BCUT2D eigenvalue weighted by Gasteiger charge is 2.37. The normalized spacial score (nSPS) is 11.6. The first-order valence-corrected chi connectivity index (χ1v) is 18.9. The van der Waals surface area contributed by atoms with Crippen LogP contribution >= 0.6 is 0 Å². The van der Waals surface area contributed by atoms with Gasteiger partial charge in [-0.1, -0.05) is 91.0 Å². The molecule has 0 aromatic heterocycles. The van der Waals surface area contributed by atoms with Gasteiger partial charge in [-0.2, -0.15) is 0 Å². The molecule has 0 spiro atoms. The van der Waals surface area contributed by atoms with Crippen molar-refractivity contribution in [3.05, 3.63) is 108 Å². The van der Waals surface area contributed by atoms with Gasteiger partial charge in [0, 0.05) is 0 Å². The Balaban J connectivity index is 1.06. The first-order valence-electron chi connectivity index (χ1n) is 18.9. The van der Waals surface area contributed by atoms with Crippen molar-refractivity contribution in [3.63, 3.8) is 0 Å². The molecule has 0 aliphatic carbocycles. The molecule has 0 fully saturated rings. The molecule has 0 amide bonds. The lowest BCUT2D eigenvalue weighted by Gasteiger charge is -2.36. The van der Waals surface area contributed by atoms with E-state index in [1.165, 1.54) is 7.11 Å². The van der Waals surface area contributed by atoms with Crippen molar-refractivity contribution in [2.75, 3.05) is 146 Å². The summed E-state index contributed by atoms with van der Waals surface area (Å²) < 4.78 is 66.1. The molecule has 55 heavy (non-hydrogen) atoms. The Labute approximate surface area is 326 Å². The highest BCUT2D eigenvalue weighted by molar-refractivity contribution is 5.70. The standard InChI is InChI=1S/C42H60O13/c1-44-41(43)37-54-34-33-52-30-29-50-26-25-48-22-21-46-18-17-45-19-20-47-23-24-49-27-28-51-31-32-53-35-36-55-42(38-11-5-2-6-12-38,39-13-7-3-8-14-39)40-15-9-4-10-16-40/h2-16H,17-37H2,1H3. The molecule has 13 nitrogen and oxygen atoms in total. The van der Waals surface area contributed by atoms with E-state index >= 15 is 0 Å². The van der Waals surface area contributed by atoms with E-state index in [-0.39, 0.29) is 6.61 Å². The number of methoxy groups -OCH3 is 1. The van der Waals surface area contributed by atoms with E-state index in [0.29, 0.717) is 132 Å². The van der Waals surface area contributed by atoms with Gasteiger partial charge in [-0.05, 0) is 16.7 Å². The Bertz CT molecular complexity index is 1200. The van der Waals surface area contributed by atoms with Crippen molar-refractivity contribution in [2.45, 2.75) is 5.60 Å². The second-order valence-corrected chi connectivity index (χ2v) is 11.8. The zero-order valence-corrected chi connectivity index (χ0v) is 32.3. The Morgan fingerprint density at radius 2 is 0.600 bits per heavy atom. The van der Waals surface area contributed by atoms with Crippen molar-refractivity contribution in [1.29, 1.82) is 0 Å². The maximum atomic E-state index is 10.9. The molecular formula is C42H60O13. The minimum atomic E-state index is -0.756. The van der Waals surface area contributed by atoms with Crippen molar-refractivity contribution >= 4 is 5.97 Å². The van der Waals surface area contributed by atoms with Crippen molar-refractivity contribution in [3.8, 4) is 0 Å². The average Bonchev–Trinajstić information content (AvgIpc) is 3.23. The molecule has 0 aliphatic heterocycles. The maximum Gasteiger partial charge on any atom is 0.331 e. The molecule has 0 saturated carbocycles. The minimum absolute atomic E-state index is 0.0733. The summed E-state index contributed by atoms with van der Waals surface area (Å²) >= 11 is 0. The summed E-state index contributed by atoms with van der Waals surface area (Å²) in [5, 5.41) is 0. The largest absolute Gasteiger partial charge is 0.467 e. The van der Waals surface area contributed by atoms with Crippen molar-refractivity contribution < 1.29 is 61.6 Å². The van der Waals surface area contributed by atoms with Gasteiger partial charge in [0.05, 0.1) is 139 Å². The SMILES string of the molecule is COC(=O)COCCOCCOCCOCCOCCOCCOCCOCCOCCOCCOC(c1ccccc1)(c1ccccc1)c1ccccc1. The van der Waals surface area contributed by atoms with Gasteiger partial charge < -0.3 is 56.8 Å². The predicted molar refractivity (Wildman–Crippen MR) is 205 cm³/mol. The Morgan fingerprint density at radius 1 is 0.364 bits per heavy atom. The van der Waals surface area contributed by atoms with Crippen LogP contribution in [0.1, 0.15) is 16.7 Å². The fourth-order valence-electron chi connectivity index (χ4n) is 5.22. The van der Waals surface area contributed by atoms with Gasteiger partial charge >= 0.3 is 5.97 Å². The van der Waals surface area contributed by atoms with Crippen LogP contribution in [-0.4, -0.2) is 152 Å². The minimum Gasteiger partial charge on any atom is -0.467 e. The molecule has 306 valence electrons. The van der Waals surface area contributed by atoms with Crippen molar-refractivity contribution in [1.82, 2.24) is 0 Å². The third kappa shape index (κ3) is 20.4. The number of rotatable bonds is 36. The first kappa shape index (κ1) is 46.1. The summed E-state index contributed by atoms with van der Waals surface area (Å²) in [5.74, 6) is -0.409. The van der Waals surface area contributed by atoms with Gasteiger partial charge in [-0.3, -0.25) is 0 Å². The number of ether oxygens (including phenoxy) is 12. The lowest BCUT2D eigenvalue weighted by atomic mass is 9.80. The van der Waals surface area contributed by atoms with Crippen molar-refractivity contribution in [2.24, 2.45) is 0 Å². The van der Waals surface area contributed by atoms with Gasteiger partial charge in [0.15, 0.2) is 0 Å². The molecule has 3 aromatic rings. The van der Waals surface area contributed by atoms with Gasteiger partial charge in [-0.25, -0.2) is 4.79 Å². The molecule has 3 rings (SSSR count). The number of benzene rings is 3. The Hall–Kier alpha value is -3.31. The molecule has 0 heterocycles. The van der Waals surface area contributed by atoms with Crippen LogP contribution in [0.2, 0.25) is 0 Å². The molecule has 0 radical (unpaired) electrons. The van der Waals surface area contributed by atoms with Gasteiger partial charge in [0.1, 0.15) is 12.2 Å². The van der Waals surface area contributed by atoms with Crippen LogP contribution in [0, 0.1) is 0 Å². The molecule has 13 heteroatoms. The maximum absolute atomic E-state index is 10.9. The molecule has 0 bridgehead atoms. The van der Waals surface area contributed by atoms with E-state index in [4.69, 9.17) is 52.1 Å². The number of carbonyl (C=O) groups is 1. The quantitative estimate of drug-likeness (QED) is 0.0473. The molecule has 0 saturated heterocycles. The van der Waals surface area contributed by atoms with Crippen LogP contribution in [0.5, 0.6) is 0 Å². The smallest absolute Gasteiger partial charge is 0.331 e. The lowest BCUT2D eigenvalue weighted by molar-refractivity contribution is -0.146. The zero-order valence-electron chi connectivity index (χ0n) is 32.3. The van der Waals surface area contributed by atoms with Crippen LogP contribution < -0.4 is 0 Å². The molecular weight excluding hydrogens is 712 g/mol. The third-order valence-electron chi connectivity index (χ3n) is 7.88. The van der Waals surface area contributed by atoms with E-state index in [1.54, 1.807) is 0 Å². The highest BCUT2D eigenvalue weighted by atomic mass is 16.6. The fourth-order valence-corrected chi connectivity index (χ4v) is 5.22. The highest BCUT2D eigenvalue weighted by Crippen LogP contribution is 2.40. The zero-order chi connectivity index (χ0) is 38.8. The number of hydrogen-bond donors (Lipinski definition) is 0. The van der Waals surface area contributed by atoms with E-state index in [9.17, 15) is 4.79 Å². The summed E-state index contributed by atoms with van der Waals surface area (Å²) in [7, 11) is 1.32. The summed E-state index contributed by atoms with van der Waals surface area (Å²) in [4.78, 5) is 10.9. The molecule has 0 atom stereocenters. The second kappa shape index (κ2) is 31.8. The van der Waals surface area contributed by atoms with Crippen LogP contribution in [0.4, 0.5) is 0 Å². The summed E-state index contributed by atoms with van der Waals surface area (Å²) in [5.41, 5.74) is 2.43. The number of esters is 1. The average molecular weight is 773 g/mol. The predicted octanol–water partition coefficient (Wildman–Crippen LogP) is 4.33. The van der Waals surface area contributed by atoms with Gasteiger partial charge in [0.2, 0.25) is 0 Å². The van der Waals surface area contributed by atoms with Gasteiger partial charge in [0.25, 0.3) is 0 Å². The second-order valence-electron chi connectivity index (χ2n) is 11.8. The van der Waals surface area contributed by atoms with Crippen LogP contribution in [0.15, 0.2) is 91.0 Å². The Kier molecular flexibility index (Phi) is 26.7. The number of hydrogen-bond acceptors (Lipinski definition) is 13. The summed E-state index contributed by atoms with van der Waals surface area (Å²) in [6, 6.07) is 30.9. The molecule has 0 aliphatic rings. The van der Waals surface area contributed by atoms with E-state index < -0.39 is 11.6 Å². The lowest BCUT2D eigenvalue weighted by Crippen LogP contribution is -2.34. The monoisotopic (exact) mass is 772 g/mol. The van der Waals surface area contributed by atoms with E-state index in [0.717, 1.165) is 16.7 Å². The Morgan fingerprint density at radius 3 is 0.855 bits per heavy atom. The van der Waals surface area contributed by atoms with Crippen LogP contribution in [0.3, 0.4) is 0 Å². The first-order chi connectivity index (χ1) is 27.3. The number of carbonyl (C=O) groups excluding carboxylic acids is 1. The summed E-state index contributed by atoms with van der Waals surface area (Å²) in [6.07, 6.45) is 0. The third-order valence-corrected chi connectivity index (χ3v) is 7.88. The van der Waals surface area contributed by atoms with Crippen LogP contribution in [-0.2, 0) is 67.2 Å².